The van der Waals surface area contributed by atoms with Crippen LogP contribution in [0, 0.1) is 0 Å². The number of hydrogen-bond acceptors (Lipinski definition) is 1. The monoisotopic (exact) mass is 635 g/mol. The van der Waals surface area contributed by atoms with Crippen LogP contribution in [0.5, 0.6) is 0 Å². The SMILES string of the molecule is c1ccc(-n2c3ccccc3c3cc(-c4ccc(-c5ccc6c7ccc8ccccc8c7c7nc8ccccc8n7c6c5)cc4)ccc32)cc1. The third-order valence-electron chi connectivity index (χ3n) is 10.5. The number of pyridine rings is 1. The molecule has 0 atom stereocenters. The zero-order chi connectivity index (χ0) is 32.8. The lowest BCUT2D eigenvalue weighted by Gasteiger charge is -2.13. The van der Waals surface area contributed by atoms with Crippen molar-refractivity contribution in [2.75, 3.05) is 0 Å². The van der Waals surface area contributed by atoms with Gasteiger partial charge in [-0.3, -0.25) is 4.40 Å². The molecule has 3 aromatic heterocycles. The highest BCUT2D eigenvalue weighted by Crippen LogP contribution is 2.39. The highest BCUT2D eigenvalue weighted by molar-refractivity contribution is 6.23. The second kappa shape index (κ2) is 10.4. The Hall–Kier alpha value is -6.71. The molecule has 0 fully saturated rings. The van der Waals surface area contributed by atoms with Gasteiger partial charge in [-0.1, -0.05) is 127 Å². The smallest absolute Gasteiger partial charge is 0.147 e. The Bertz CT molecular complexity index is 3130. The largest absolute Gasteiger partial charge is 0.309 e. The predicted molar refractivity (Wildman–Crippen MR) is 210 cm³/mol. The Morgan fingerprint density at radius 1 is 0.360 bits per heavy atom. The minimum Gasteiger partial charge on any atom is -0.309 e. The summed E-state index contributed by atoms with van der Waals surface area (Å²) in [6, 6.07) is 63.7. The van der Waals surface area contributed by atoms with Crippen molar-refractivity contribution in [1.82, 2.24) is 14.0 Å². The van der Waals surface area contributed by atoms with Gasteiger partial charge in [0.05, 0.1) is 27.6 Å². The van der Waals surface area contributed by atoms with Crippen LogP contribution in [-0.2, 0) is 0 Å². The lowest BCUT2D eigenvalue weighted by Crippen LogP contribution is -1.93. The van der Waals surface area contributed by atoms with Crippen LogP contribution in [0.4, 0.5) is 0 Å². The molecular weight excluding hydrogens is 607 g/mol. The van der Waals surface area contributed by atoms with Crippen molar-refractivity contribution in [3.63, 3.8) is 0 Å². The zero-order valence-electron chi connectivity index (χ0n) is 27.1. The molecule has 0 unspecified atom stereocenters. The van der Waals surface area contributed by atoms with Crippen LogP contribution in [0.2, 0.25) is 0 Å². The molecular formula is C47H29N3. The Labute approximate surface area is 287 Å². The summed E-state index contributed by atoms with van der Waals surface area (Å²) in [4.78, 5) is 5.21. The molecule has 0 saturated carbocycles. The van der Waals surface area contributed by atoms with E-state index in [1.54, 1.807) is 0 Å². The van der Waals surface area contributed by atoms with Crippen LogP contribution in [0.15, 0.2) is 176 Å². The molecule has 0 aliphatic carbocycles. The van der Waals surface area contributed by atoms with Gasteiger partial charge in [0.1, 0.15) is 5.65 Å². The first-order valence-corrected chi connectivity index (χ1v) is 17.1. The van der Waals surface area contributed by atoms with Gasteiger partial charge < -0.3 is 4.57 Å². The lowest BCUT2D eigenvalue weighted by molar-refractivity contribution is 1.18. The summed E-state index contributed by atoms with van der Waals surface area (Å²) < 4.78 is 4.72. The average Bonchev–Trinajstić information content (AvgIpc) is 3.74. The maximum Gasteiger partial charge on any atom is 0.147 e. The lowest BCUT2D eigenvalue weighted by atomic mass is 9.96. The van der Waals surface area contributed by atoms with E-state index in [9.17, 15) is 0 Å². The van der Waals surface area contributed by atoms with E-state index >= 15 is 0 Å². The summed E-state index contributed by atoms with van der Waals surface area (Å²) in [6.45, 7) is 0. The topological polar surface area (TPSA) is 22.2 Å². The van der Waals surface area contributed by atoms with Gasteiger partial charge in [0.15, 0.2) is 0 Å². The van der Waals surface area contributed by atoms with E-state index < -0.39 is 0 Å². The van der Waals surface area contributed by atoms with Crippen LogP contribution in [0.3, 0.4) is 0 Å². The summed E-state index contributed by atoms with van der Waals surface area (Å²) in [5.74, 6) is 0. The number of hydrogen-bond donors (Lipinski definition) is 0. The third kappa shape index (κ3) is 3.89. The molecule has 232 valence electrons. The van der Waals surface area contributed by atoms with Crippen molar-refractivity contribution in [3.8, 4) is 27.9 Å². The highest BCUT2D eigenvalue weighted by atomic mass is 15.0. The van der Waals surface area contributed by atoms with Gasteiger partial charge in [-0.25, -0.2) is 4.98 Å². The van der Waals surface area contributed by atoms with Crippen molar-refractivity contribution in [1.29, 1.82) is 0 Å². The van der Waals surface area contributed by atoms with Crippen LogP contribution in [0.1, 0.15) is 0 Å². The standard InChI is InChI=1S/C47H29N3/c1-2-11-35(12-3-1)49-42-16-8-6-14-37(42)40-28-33(24-27-43(40)49)30-18-20-31(21-19-30)34-23-25-38-39-26-22-32-10-4-5-13-36(32)46(39)47-48-41-15-7-9-17-44(41)50(47)45(38)29-34/h1-29H. The molecule has 0 aliphatic heterocycles. The van der Waals surface area contributed by atoms with Crippen molar-refractivity contribution in [2.24, 2.45) is 0 Å². The first kappa shape index (κ1) is 27.3. The van der Waals surface area contributed by atoms with Crippen LogP contribution < -0.4 is 0 Å². The molecule has 3 heterocycles. The van der Waals surface area contributed by atoms with Gasteiger partial charge in [-0.2, -0.15) is 0 Å². The quantitative estimate of drug-likeness (QED) is 0.177. The second-order valence-electron chi connectivity index (χ2n) is 13.2. The molecule has 3 nitrogen and oxygen atoms in total. The number of aromatic nitrogens is 3. The number of benzene rings is 8. The van der Waals surface area contributed by atoms with Gasteiger partial charge in [0.25, 0.3) is 0 Å². The minimum atomic E-state index is 1.00. The Balaban J connectivity index is 1.06. The molecule has 0 saturated heterocycles. The van der Waals surface area contributed by atoms with Crippen LogP contribution in [0.25, 0.3) is 98.9 Å². The molecule has 0 N–H and O–H groups in total. The molecule has 0 amide bonds. The van der Waals surface area contributed by atoms with Gasteiger partial charge in [0.2, 0.25) is 0 Å². The zero-order valence-corrected chi connectivity index (χ0v) is 27.1. The van der Waals surface area contributed by atoms with Gasteiger partial charge in [-0.05, 0) is 86.9 Å². The van der Waals surface area contributed by atoms with Crippen LogP contribution in [-0.4, -0.2) is 14.0 Å². The predicted octanol–water partition coefficient (Wildman–Crippen LogP) is 12.4. The van der Waals surface area contributed by atoms with E-state index in [-0.39, 0.29) is 0 Å². The molecule has 11 aromatic rings. The van der Waals surface area contributed by atoms with E-state index in [1.165, 1.54) is 82.2 Å². The maximum atomic E-state index is 5.21. The van der Waals surface area contributed by atoms with E-state index in [0.29, 0.717) is 0 Å². The van der Waals surface area contributed by atoms with E-state index in [1.807, 2.05) is 0 Å². The van der Waals surface area contributed by atoms with Crippen molar-refractivity contribution in [3.05, 3.63) is 176 Å². The molecule has 0 spiro atoms. The highest BCUT2D eigenvalue weighted by Gasteiger charge is 2.17. The molecule has 0 aliphatic rings. The molecule has 50 heavy (non-hydrogen) atoms. The molecule has 0 radical (unpaired) electrons. The second-order valence-corrected chi connectivity index (χ2v) is 13.2. The fraction of sp³-hybridized carbons (Fsp3) is 0. The van der Waals surface area contributed by atoms with E-state index in [4.69, 9.17) is 4.98 Å². The fourth-order valence-corrected chi connectivity index (χ4v) is 8.16. The Morgan fingerprint density at radius 2 is 0.960 bits per heavy atom. The number of fused-ring (bicyclic) bond motifs is 13. The third-order valence-corrected chi connectivity index (χ3v) is 10.5. The number of imidazole rings is 1. The van der Waals surface area contributed by atoms with Gasteiger partial charge in [-0.15, -0.1) is 0 Å². The number of para-hydroxylation sites is 4. The van der Waals surface area contributed by atoms with Crippen LogP contribution >= 0.6 is 0 Å². The molecule has 11 rings (SSSR count). The normalized spacial score (nSPS) is 12.0. The first-order chi connectivity index (χ1) is 24.8. The first-order valence-electron chi connectivity index (χ1n) is 17.1. The van der Waals surface area contributed by atoms with Crippen molar-refractivity contribution < 1.29 is 0 Å². The summed E-state index contributed by atoms with van der Waals surface area (Å²) in [7, 11) is 0. The summed E-state index contributed by atoms with van der Waals surface area (Å²) >= 11 is 0. The Morgan fingerprint density at radius 3 is 1.80 bits per heavy atom. The van der Waals surface area contributed by atoms with Crippen molar-refractivity contribution >= 4 is 70.9 Å². The van der Waals surface area contributed by atoms with E-state index in [2.05, 4.69) is 185 Å². The van der Waals surface area contributed by atoms with Crippen molar-refractivity contribution in [2.45, 2.75) is 0 Å². The molecule has 8 aromatic carbocycles. The molecule has 3 heteroatoms. The minimum absolute atomic E-state index is 1.00. The summed E-state index contributed by atoms with van der Waals surface area (Å²) in [6.07, 6.45) is 0. The Kier molecular flexibility index (Phi) is 5.67. The fourth-order valence-electron chi connectivity index (χ4n) is 8.16. The number of nitrogens with zero attached hydrogens (tertiary/aromatic N) is 3. The van der Waals surface area contributed by atoms with E-state index in [0.717, 1.165) is 16.7 Å². The summed E-state index contributed by atoms with van der Waals surface area (Å²) in [5.41, 5.74) is 12.7. The van der Waals surface area contributed by atoms with Gasteiger partial charge >= 0.3 is 0 Å². The maximum absolute atomic E-state index is 5.21. The van der Waals surface area contributed by atoms with Gasteiger partial charge in [0, 0.05) is 27.2 Å². The average molecular weight is 636 g/mol. The summed E-state index contributed by atoms with van der Waals surface area (Å²) in [5, 5.41) is 8.64. The number of rotatable bonds is 3. The molecule has 0 bridgehead atoms.